The van der Waals surface area contributed by atoms with Gasteiger partial charge in [0.1, 0.15) is 0 Å². The monoisotopic (exact) mass is 257 g/mol. The van der Waals surface area contributed by atoms with Crippen molar-refractivity contribution in [2.75, 3.05) is 38.5 Å². The molecule has 2 aliphatic rings. The van der Waals surface area contributed by atoms with E-state index in [2.05, 4.69) is 36.0 Å². The van der Waals surface area contributed by atoms with Crippen LogP contribution in [0.25, 0.3) is 0 Å². The third-order valence-corrected chi connectivity index (χ3v) is 4.49. The summed E-state index contributed by atoms with van der Waals surface area (Å²) in [6.45, 7) is 11.4. The Labute approximate surface area is 108 Å². The molecule has 0 amide bonds. The maximum atomic E-state index is 5.74. The molecule has 0 aliphatic carbocycles. The van der Waals surface area contributed by atoms with Crippen LogP contribution in [0, 0.1) is 0 Å². The molecule has 2 heterocycles. The predicted octanol–water partition coefficient (Wildman–Crippen LogP) is 1.18. The summed E-state index contributed by atoms with van der Waals surface area (Å²) < 4.78 is 5.74. The summed E-state index contributed by atoms with van der Waals surface area (Å²) in [6.07, 6.45) is 0.266. The van der Waals surface area contributed by atoms with Gasteiger partial charge in [-0.1, -0.05) is 18.7 Å². The van der Waals surface area contributed by atoms with Gasteiger partial charge < -0.3 is 10.1 Å². The first-order valence-corrected chi connectivity index (χ1v) is 7.37. The first kappa shape index (κ1) is 13.2. The molecule has 98 valence electrons. The Hall–Kier alpha value is -0.260. The molecule has 2 fully saturated rings. The fourth-order valence-electron chi connectivity index (χ4n) is 2.06. The molecule has 2 saturated heterocycles. The van der Waals surface area contributed by atoms with Gasteiger partial charge in [0.25, 0.3) is 0 Å². The molecule has 17 heavy (non-hydrogen) atoms. The van der Waals surface area contributed by atoms with E-state index >= 15 is 0 Å². The van der Waals surface area contributed by atoms with E-state index in [0.29, 0.717) is 0 Å². The van der Waals surface area contributed by atoms with E-state index in [-0.39, 0.29) is 11.6 Å². The second-order valence-corrected chi connectivity index (χ2v) is 6.29. The second-order valence-electron chi connectivity index (χ2n) is 5.33. The van der Waals surface area contributed by atoms with E-state index in [4.69, 9.17) is 4.74 Å². The number of morpholine rings is 1. The second kappa shape index (κ2) is 5.59. The molecular formula is C12H23N3OS. The van der Waals surface area contributed by atoms with Gasteiger partial charge in [0, 0.05) is 24.4 Å². The number of rotatable bonds is 3. The standard InChI is InChI=1S/C12H23N3OS/c1-4-15-5-6-16-10(8-15)7-13-11-14-12(2,3)9-17-11/h10H,4-9H2,1-3H3,(H,13,14). The number of thioether (sulfide) groups is 1. The van der Waals surface area contributed by atoms with Crippen LogP contribution in [0.4, 0.5) is 0 Å². The maximum absolute atomic E-state index is 5.74. The zero-order chi connectivity index (χ0) is 12.3. The van der Waals surface area contributed by atoms with Gasteiger partial charge in [0.05, 0.1) is 19.3 Å². The van der Waals surface area contributed by atoms with Crippen LogP contribution in [0.5, 0.6) is 0 Å². The topological polar surface area (TPSA) is 36.9 Å². The lowest BCUT2D eigenvalue weighted by Gasteiger charge is -2.31. The number of nitrogens with one attached hydrogen (secondary N) is 1. The molecule has 0 saturated carbocycles. The predicted molar refractivity (Wildman–Crippen MR) is 73.8 cm³/mol. The summed E-state index contributed by atoms with van der Waals surface area (Å²) in [6, 6.07) is 0. The van der Waals surface area contributed by atoms with Crippen molar-refractivity contribution >= 4 is 16.9 Å². The molecule has 0 aromatic carbocycles. The third-order valence-electron chi connectivity index (χ3n) is 3.12. The van der Waals surface area contributed by atoms with Gasteiger partial charge in [-0.25, -0.2) is 0 Å². The van der Waals surface area contributed by atoms with Crippen LogP contribution in [0.3, 0.4) is 0 Å². The van der Waals surface area contributed by atoms with E-state index in [1.165, 1.54) is 0 Å². The Morgan fingerprint density at radius 2 is 2.41 bits per heavy atom. The van der Waals surface area contributed by atoms with Crippen LogP contribution in [-0.2, 0) is 4.74 Å². The van der Waals surface area contributed by atoms with Gasteiger partial charge in [0.15, 0.2) is 5.17 Å². The molecule has 1 N–H and O–H groups in total. The molecule has 0 bridgehead atoms. The Balaban J connectivity index is 1.80. The number of likely N-dealkylation sites (N-methyl/N-ethyl adjacent to an activating group) is 1. The van der Waals surface area contributed by atoms with Crippen LogP contribution in [0.2, 0.25) is 0 Å². The van der Waals surface area contributed by atoms with Crippen LogP contribution in [-0.4, -0.2) is 60.2 Å². The molecule has 4 nitrogen and oxygen atoms in total. The SMILES string of the molecule is CCN1CCOC(CN=C2NC(C)(C)CS2)C1. The largest absolute Gasteiger partial charge is 0.374 e. The fourth-order valence-corrected chi connectivity index (χ4v) is 3.14. The number of amidine groups is 1. The number of hydrogen-bond acceptors (Lipinski definition) is 4. The summed E-state index contributed by atoms with van der Waals surface area (Å²) >= 11 is 1.81. The molecular weight excluding hydrogens is 234 g/mol. The zero-order valence-corrected chi connectivity index (χ0v) is 11.8. The van der Waals surface area contributed by atoms with Crippen molar-refractivity contribution in [3.05, 3.63) is 0 Å². The summed E-state index contributed by atoms with van der Waals surface area (Å²) in [5.41, 5.74) is 0.187. The number of aliphatic imine (C=N–C) groups is 1. The van der Waals surface area contributed by atoms with Crippen LogP contribution < -0.4 is 5.32 Å². The van der Waals surface area contributed by atoms with Gasteiger partial charge in [-0.3, -0.25) is 9.89 Å². The highest BCUT2D eigenvalue weighted by atomic mass is 32.2. The molecule has 2 aliphatic heterocycles. The lowest BCUT2D eigenvalue weighted by atomic mass is 10.1. The van der Waals surface area contributed by atoms with Crippen molar-refractivity contribution in [3.63, 3.8) is 0 Å². The smallest absolute Gasteiger partial charge is 0.157 e. The van der Waals surface area contributed by atoms with E-state index in [1.807, 2.05) is 11.8 Å². The molecule has 0 aromatic heterocycles. The first-order valence-electron chi connectivity index (χ1n) is 6.38. The van der Waals surface area contributed by atoms with Crippen LogP contribution >= 0.6 is 11.8 Å². The summed E-state index contributed by atoms with van der Waals surface area (Å²) in [5.74, 6) is 1.10. The normalized spacial score (nSPS) is 31.7. The van der Waals surface area contributed by atoms with Gasteiger partial charge in [0.2, 0.25) is 0 Å². The van der Waals surface area contributed by atoms with Gasteiger partial charge in [-0.2, -0.15) is 0 Å². The lowest BCUT2D eigenvalue weighted by Crippen LogP contribution is -2.43. The Kier molecular flexibility index (Phi) is 4.33. The van der Waals surface area contributed by atoms with Crippen LogP contribution in [0.1, 0.15) is 20.8 Å². The van der Waals surface area contributed by atoms with E-state index in [1.54, 1.807) is 0 Å². The number of ether oxygens (including phenoxy) is 1. The van der Waals surface area contributed by atoms with Crippen molar-refractivity contribution in [1.82, 2.24) is 10.2 Å². The summed E-state index contributed by atoms with van der Waals surface area (Å²) in [7, 11) is 0. The first-order chi connectivity index (χ1) is 8.09. The fraction of sp³-hybridized carbons (Fsp3) is 0.917. The quantitative estimate of drug-likeness (QED) is 0.824. The maximum Gasteiger partial charge on any atom is 0.157 e. The van der Waals surface area contributed by atoms with E-state index in [0.717, 1.165) is 43.7 Å². The molecule has 0 aromatic rings. The highest BCUT2D eigenvalue weighted by molar-refractivity contribution is 8.14. The van der Waals surface area contributed by atoms with Crippen molar-refractivity contribution in [2.24, 2.45) is 4.99 Å². The number of nitrogens with zero attached hydrogens (tertiary/aromatic N) is 2. The molecule has 2 rings (SSSR count). The molecule has 0 radical (unpaired) electrons. The van der Waals surface area contributed by atoms with Gasteiger partial charge >= 0.3 is 0 Å². The lowest BCUT2D eigenvalue weighted by molar-refractivity contribution is -0.0209. The zero-order valence-electron chi connectivity index (χ0n) is 11.0. The highest BCUT2D eigenvalue weighted by Gasteiger charge is 2.27. The Morgan fingerprint density at radius 3 is 3.06 bits per heavy atom. The third kappa shape index (κ3) is 3.86. The minimum absolute atomic E-state index is 0.187. The highest BCUT2D eigenvalue weighted by Crippen LogP contribution is 2.22. The molecule has 1 atom stereocenters. The average molecular weight is 257 g/mol. The van der Waals surface area contributed by atoms with Crippen molar-refractivity contribution < 1.29 is 4.74 Å². The van der Waals surface area contributed by atoms with Crippen molar-refractivity contribution in [3.8, 4) is 0 Å². The van der Waals surface area contributed by atoms with E-state index in [9.17, 15) is 0 Å². The van der Waals surface area contributed by atoms with Crippen molar-refractivity contribution in [2.45, 2.75) is 32.4 Å². The number of hydrogen-bond donors (Lipinski definition) is 1. The van der Waals surface area contributed by atoms with Crippen LogP contribution in [0.15, 0.2) is 4.99 Å². The molecule has 0 spiro atoms. The summed E-state index contributed by atoms with van der Waals surface area (Å²) in [5, 5.41) is 4.51. The van der Waals surface area contributed by atoms with E-state index < -0.39 is 0 Å². The summed E-state index contributed by atoms with van der Waals surface area (Å²) in [4.78, 5) is 7.05. The minimum atomic E-state index is 0.187. The average Bonchev–Trinajstić information content (AvgIpc) is 2.67. The Bertz CT molecular complexity index is 293. The van der Waals surface area contributed by atoms with Gasteiger partial charge in [-0.15, -0.1) is 0 Å². The Morgan fingerprint density at radius 1 is 1.59 bits per heavy atom. The molecule has 5 heteroatoms. The molecule has 1 unspecified atom stereocenters. The van der Waals surface area contributed by atoms with Gasteiger partial charge in [-0.05, 0) is 20.4 Å². The minimum Gasteiger partial charge on any atom is -0.374 e. The van der Waals surface area contributed by atoms with Crippen molar-refractivity contribution in [1.29, 1.82) is 0 Å².